The molecule has 0 aliphatic carbocycles. The SMILES string of the molecule is CCN(CC)c1ccc(NC(=O)c2csc3nc(-c4cccc(OC)c4)cn23)cc1. The maximum Gasteiger partial charge on any atom is 0.273 e. The van der Waals surface area contributed by atoms with Crippen molar-refractivity contribution in [3.63, 3.8) is 0 Å². The van der Waals surface area contributed by atoms with Crippen molar-refractivity contribution in [3.05, 3.63) is 65.8 Å². The smallest absolute Gasteiger partial charge is 0.273 e. The Bertz CT molecular complexity index is 1160. The lowest BCUT2D eigenvalue weighted by atomic mass is 10.1. The summed E-state index contributed by atoms with van der Waals surface area (Å²) in [6, 6.07) is 15.7. The highest BCUT2D eigenvalue weighted by Gasteiger charge is 2.16. The minimum absolute atomic E-state index is 0.161. The molecule has 0 aliphatic rings. The number of fused-ring (bicyclic) bond motifs is 1. The number of thiazole rings is 1. The second-order valence-electron chi connectivity index (χ2n) is 6.80. The molecule has 7 heteroatoms. The summed E-state index contributed by atoms with van der Waals surface area (Å²) in [6.45, 7) is 6.16. The van der Waals surface area contributed by atoms with E-state index in [1.54, 1.807) is 7.11 Å². The number of hydrogen-bond donors (Lipinski definition) is 1. The van der Waals surface area contributed by atoms with Crippen LogP contribution in [0, 0.1) is 0 Å². The number of carbonyl (C=O) groups is 1. The standard InChI is InChI=1S/C23H24N4O2S/c1-4-26(5-2)18-11-9-17(10-12-18)24-22(28)21-15-30-23-25-20(14-27(21)23)16-7-6-8-19(13-16)29-3/h6-15H,4-5H2,1-3H3,(H,24,28). The number of nitrogens with one attached hydrogen (secondary N) is 1. The van der Waals surface area contributed by atoms with Crippen LogP contribution in [-0.2, 0) is 0 Å². The van der Waals surface area contributed by atoms with Gasteiger partial charge in [0.25, 0.3) is 5.91 Å². The fourth-order valence-corrected chi connectivity index (χ4v) is 4.26. The summed E-state index contributed by atoms with van der Waals surface area (Å²) in [5, 5.41) is 4.82. The molecule has 0 atom stereocenters. The van der Waals surface area contributed by atoms with E-state index in [4.69, 9.17) is 4.74 Å². The van der Waals surface area contributed by atoms with Gasteiger partial charge in [0.05, 0.1) is 12.8 Å². The molecule has 4 rings (SSSR count). The number of nitrogens with zero attached hydrogens (tertiary/aromatic N) is 3. The first kappa shape index (κ1) is 20.0. The molecule has 0 bridgehead atoms. The van der Waals surface area contributed by atoms with Gasteiger partial charge in [-0.15, -0.1) is 11.3 Å². The predicted octanol–water partition coefficient (Wildman–Crippen LogP) is 5.17. The Morgan fingerprint density at radius 3 is 2.63 bits per heavy atom. The molecular weight excluding hydrogens is 396 g/mol. The predicted molar refractivity (Wildman–Crippen MR) is 123 cm³/mol. The van der Waals surface area contributed by atoms with E-state index in [9.17, 15) is 4.79 Å². The van der Waals surface area contributed by atoms with Crippen LogP contribution in [0.1, 0.15) is 24.3 Å². The molecule has 30 heavy (non-hydrogen) atoms. The van der Waals surface area contributed by atoms with Crippen LogP contribution in [0.15, 0.2) is 60.1 Å². The molecule has 0 saturated carbocycles. The van der Waals surface area contributed by atoms with E-state index in [1.807, 2.05) is 64.5 Å². The quantitative estimate of drug-likeness (QED) is 0.448. The zero-order valence-corrected chi connectivity index (χ0v) is 18.1. The van der Waals surface area contributed by atoms with E-state index in [-0.39, 0.29) is 5.91 Å². The van der Waals surface area contributed by atoms with E-state index in [1.165, 1.54) is 11.3 Å². The first-order valence-corrected chi connectivity index (χ1v) is 10.8. The van der Waals surface area contributed by atoms with Crippen LogP contribution in [0.4, 0.5) is 11.4 Å². The van der Waals surface area contributed by atoms with E-state index >= 15 is 0 Å². The van der Waals surface area contributed by atoms with Gasteiger partial charge in [-0.3, -0.25) is 9.20 Å². The third kappa shape index (κ3) is 3.89. The van der Waals surface area contributed by atoms with Crippen molar-refractivity contribution >= 4 is 33.6 Å². The number of aromatic nitrogens is 2. The van der Waals surface area contributed by atoms with Crippen LogP contribution in [0.5, 0.6) is 5.75 Å². The van der Waals surface area contributed by atoms with Gasteiger partial charge in [-0.1, -0.05) is 12.1 Å². The Kier molecular flexibility index (Phi) is 5.72. The van der Waals surface area contributed by atoms with Gasteiger partial charge in [0.1, 0.15) is 11.4 Å². The molecule has 6 nitrogen and oxygen atoms in total. The summed E-state index contributed by atoms with van der Waals surface area (Å²) < 4.78 is 7.13. The van der Waals surface area contributed by atoms with Crippen molar-refractivity contribution in [1.82, 2.24) is 9.38 Å². The lowest BCUT2D eigenvalue weighted by Gasteiger charge is -2.21. The lowest BCUT2D eigenvalue weighted by molar-refractivity contribution is 0.102. The Balaban J connectivity index is 1.56. The number of rotatable bonds is 7. The van der Waals surface area contributed by atoms with Gasteiger partial charge in [0.2, 0.25) is 0 Å². The third-order valence-electron chi connectivity index (χ3n) is 5.06. The van der Waals surface area contributed by atoms with Crippen LogP contribution in [0.25, 0.3) is 16.2 Å². The number of imidazole rings is 1. The normalized spacial score (nSPS) is 10.9. The highest BCUT2D eigenvalue weighted by Crippen LogP contribution is 2.27. The maximum atomic E-state index is 12.9. The Labute approximate surface area is 179 Å². The van der Waals surface area contributed by atoms with Gasteiger partial charge >= 0.3 is 0 Å². The summed E-state index contributed by atoms with van der Waals surface area (Å²) in [5.41, 5.74) is 4.23. The summed E-state index contributed by atoms with van der Waals surface area (Å²) in [5.74, 6) is 0.612. The summed E-state index contributed by atoms with van der Waals surface area (Å²) in [4.78, 5) is 20.6. The number of amides is 1. The van der Waals surface area contributed by atoms with Crippen molar-refractivity contribution in [2.45, 2.75) is 13.8 Å². The number of carbonyl (C=O) groups excluding carboxylic acids is 1. The summed E-state index contributed by atoms with van der Waals surface area (Å²) >= 11 is 1.44. The van der Waals surface area contributed by atoms with Crippen molar-refractivity contribution < 1.29 is 9.53 Å². The van der Waals surface area contributed by atoms with Gasteiger partial charge < -0.3 is 15.0 Å². The number of anilines is 2. The monoisotopic (exact) mass is 420 g/mol. The molecule has 0 unspecified atom stereocenters. The van der Waals surface area contributed by atoms with Crippen LogP contribution in [0.2, 0.25) is 0 Å². The average Bonchev–Trinajstić information content (AvgIpc) is 3.37. The fraction of sp³-hybridized carbons (Fsp3) is 0.217. The Morgan fingerprint density at radius 2 is 1.93 bits per heavy atom. The minimum atomic E-state index is -0.161. The molecule has 2 aromatic heterocycles. The average molecular weight is 421 g/mol. The molecule has 0 radical (unpaired) electrons. The number of methoxy groups -OCH3 is 1. The Hall–Kier alpha value is -3.32. The summed E-state index contributed by atoms with van der Waals surface area (Å²) in [6.07, 6.45) is 1.89. The first-order chi connectivity index (χ1) is 14.6. The summed E-state index contributed by atoms with van der Waals surface area (Å²) in [7, 11) is 1.64. The van der Waals surface area contributed by atoms with Gasteiger partial charge in [-0.2, -0.15) is 0 Å². The van der Waals surface area contributed by atoms with Gasteiger partial charge in [-0.25, -0.2) is 4.98 Å². The van der Waals surface area contributed by atoms with Gasteiger partial charge in [0.15, 0.2) is 4.96 Å². The van der Waals surface area contributed by atoms with Crippen molar-refractivity contribution in [1.29, 1.82) is 0 Å². The van der Waals surface area contributed by atoms with E-state index < -0.39 is 0 Å². The van der Waals surface area contributed by atoms with Crippen molar-refractivity contribution in [2.75, 3.05) is 30.4 Å². The molecule has 0 saturated heterocycles. The van der Waals surface area contributed by atoms with E-state index in [0.29, 0.717) is 5.69 Å². The van der Waals surface area contributed by atoms with Crippen LogP contribution in [0.3, 0.4) is 0 Å². The number of ether oxygens (including phenoxy) is 1. The molecular formula is C23H24N4O2S. The molecule has 1 N–H and O–H groups in total. The van der Waals surface area contributed by atoms with Gasteiger partial charge in [-0.05, 0) is 50.2 Å². The molecule has 2 heterocycles. The minimum Gasteiger partial charge on any atom is -0.497 e. The molecule has 1 amide bonds. The zero-order valence-electron chi connectivity index (χ0n) is 17.3. The topological polar surface area (TPSA) is 58.9 Å². The molecule has 0 aliphatic heterocycles. The van der Waals surface area contributed by atoms with Crippen LogP contribution >= 0.6 is 11.3 Å². The second kappa shape index (κ2) is 8.59. The third-order valence-corrected chi connectivity index (χ3v) is 5.90. The van der Waals surface area contributed by atoms with Crippen LogP contribution < -0.4 is 15.0 Å². The number of hydrogen-bond acceptors (Lipinski definition) is 5. The van der Waals surface area contributed by atoms with E-state index in [2.05, 4.69) is 29.0 Å². The highest BCUT2D eigenvalue weighted by molar-refractivity contribution is 7.15. The molecule has 0 spiro atoms. The molecule has 2 aromatic carbocycles. The Morgan fingerprint density at radius 1 is 1.17 bits per heavy atom. The number of benzene rings is 2. The zero-order chi connectivity index (χ0) is 21.1. The van der Waals surface area contributed by atoms with Crippen molar-refractivity contribution in [3.8, 4) is 17.0 Å². The largest absolute Gasteiger partial charge is 0.497 e. The van der Waals surface area contributed by atoms with E-state index in [0.717, 1.165) is 46.4 Å². The molecule has 154 valence electrons. The maximum absolute atomic E-state index is 12.9. The van der Waals surface area contributed by atoms with Crippen LogP contribution in [-0.4, -0.2) is 35.5 Å². The molecule has 0 fully saturated rings. The van der Waals surface area contributed by atoms with Gasteiger partial charge in [0, 0.05) is 41.6 Å². The second-order valence-corrected chi connectivity index (χ2v) is 7.64. The first-order valence-electron chi connectivity index (χ1n) is 9.90. The fourth-order valence-electron chi connectivity index (χ4n) is 3.41. The highest BCUT2D eigenvalue weighted by atomic mass is 32.1. The molecule has 4 aromatic rings. The van der Waals surface area contributed by atoms with Crippen molar-refractivity contribution in [2.24, 2.45) is 0 Å². The lowest BCUT2D eigenvalue weighted by Crippen LogP contribution is -2.21.